The van der Waals surface area contributed by atoms with E-state index in [0.29, 0.717) is 41.8 Å². The number of ether oxygens (including phenoxy) is 2. The van der Waals surface area contributed by atoms with E-state index in [-0.39, 0.29) is 30.3 Å². The molecule has 1 aliphatic rings. The van der Waals surface area contributed by atoms with Crippen LogP contribution in [0.4, 0.5) is 0 Å². The number of nitrogens with zero attached hydrogens (tertiary/aromatic N) is 2. The van der Waals surface area contributed by atoms with Gasteiger partial charge in [-0.3, -0.25) is 9.59 Å². The summed E-state index contributed by atoms with van der Waals surface area (Å²) < 4.78 is 11.6. The normalized spacial score (nSPS) is 15.6. The van der Waals surface area contributed by atoms with E-state index in [1.54, 1.807) is 47.6 Å². The van der Waals surface area contributed by atoms with Crippen molar-refractivity contribution in [3.05, 3.63) is 81.0 Å². The van der Waals surface area contributed by atoms with Gasteiger partial charge in [-0.25, -0.2) is 0 Å². The molecule has 37 heavy (non-hydrogen) atoms. The van der Waals surface area contributed by atoms with Crippen molar-refractivity contribution < 1.29 is 19.1 Å². The summed E-state index contributed by atoms with van der Waals surface area (Å²) in [7, 11) is 1.61. The van der Waals surface area contributed by atoms with Crippen molar-refractivity contribution in [1.82, 2.24) is 9.80 Å². The summed E-state index contributed by atoms with van der Waals surface area (Å²) >= 11 is 7.86. The molecule has 0 saturated carbocycles. The number of hydrogen-bond acceptors (Lipinski definition) is 5. The second kappa shape index (κ2) is 12.5. The van der Waals surface area contributed by atoms with E-state index in [2.05, 4.69) is 25.3 Å². The number of halogens is 1. The molecule has 3 aromatic rings. The minimum Gasteiger partial charge on any atom is -0.493 e. The topological polar surface area (TPSA) is 59.1 Å². The standard InChI is InChI=1S/C29H33ClN2O4S/c1-4-20(2)17-31(29(34)21-8-7-9-22(30)16-21)18-28(33)32-14-12-27-23(13-15-37-27)24(32)19-36-26-11-6-5-10-25(26)35-3/h5-11,13,15-16,20,24H,4,12,14,17-19H2,1-3H3. The monoisotopic (exact) mass is 540 g/mol. The van der Waals surface area contributed by atoms with Crippen LogP contribution in [0.1, 0.15) is 47.1 Å². The number of fused-ring (bicyclic) bond motifs is 1. The van der Waals surface area contributed by atoms with Crippen LogP contribution in [0.2, 0.25) is 5.02 Å². The number of methoxy groups -OCH3 is 1. The van der Waals surface area contributed by atoms with Gasteiger partial charge in [0.15, 0.2) is 11.5 Å². The van der Waals surface area contributed by atoms with E-state index in [1.807, 2.05) is 29.2 Å². The van der Waals surface area contributed by atoms with Crippen LogP contribution >= 0.6 is 22.9 Å². The van der Waals surface area contributed by atoms with Gasteiger partial charge in [0.25, 0.3) is 5.91 Å². The van der Waals surface area contributed by atoms with E-state index in [1.165, 1.54) is 4.88 Å². The molecule has 2 heterocycles. The second-order valence-corrected chi connectivity index (χ2v) is 10.8. The molecule has 0 saturated heterocycles. The van der Waals surface area contributed by atoms with Crippen LogP contribution < -0.4 is 9.47 Å². The molecular weight excluding hydrogens is 508 g/mol. The maximum atomic E-state index is 13.8. The molecule has 0 fully saturated rings. The summed E-state index contributed by atoms with van der Waals surface area (Å²) in [5, 5.41) is 2.56. The smallest absolute Gasteiger partial charge is 0.254 e. The van der Waals surface area contributed by atoms with Crippen molar-refractivity contribution in [2.75, 3.05) is 33.4 Å². The van der Waals surface area contributed by atoms with Crippen molar-refractivity contribution in [3.8, 4) is 11.5 Å². The first-order valence-electron chi connectivity index (χ1n) is 12.6. The number of benzene rings is 2. The minimum absolute atomic E-state index is 0.000313. The highest BCUT2D eigenvalue weighted by molar-refractivity contribution is 7.10. The van der Waals surface area contributed by atoms with Gasteiger partial charge in [0.1, 0.15) is 13.2 Å². The van der Waals surface area contributed by atoms with Crippen LogP contribution in [0, 0.1) is 5.92 Å². The Morgan fingerprint density at radius 1 is 1.16 bits per heavy atom. The molecule has 2 amide bonds. The van der Waals surface area contributed by atoms with E-state index < -0.39 is 0 Å². The van der Waals surface area contributed by atoms with Crippen LogP contribution in [0.25, 0.3) is 0 Å². The Kier molecular flexibility index (Phi) is 9.11. The fourth-order valence-electron chi connectivity index (χ4n) is 4.56. The highest BCUT2D eigenvalue weighted by Gasteiger charge is 2.34. The Balaban J connectivity index is 1.56. The van der Waals surface area contributed by atoms with Gasteiger partial charge in [0.2, 0.25) is 5.91 Å². The highest BCUT2D eigenvalue weighted by atomic mass is 35.5. The maximum Gasteiger partial charge on any atom is 0.254 e. The van der Waals surface area contributed by atoms with E-state index in [0.717, 1.165) is 18.4 Å². The van der Waals surface area contributed by atoms with Crippen molar-refractivity contribution >= 4 is 34.8 Å². The molecule has 2 aromatic carbocycles. The lowest BCUT2D eigenvalue weighted by atomic mass is 10.00. The van der Waals surface area contributed by atoms with Gasteiger partial charge in [-0.1, -0.05) is 50.1 Å². The minimum atomic E-state index is -0.251. The molecule has 2 atom stereocenters. The molecule has 2 unspecified atom stereocenters. The Hall–Kier alpha value is -3.03. The first-order chi connectivity index (χ1) is 17.9. The van der Waals surface area contributed by atoms with Gasteiger partial charge in [-0.15, -0.1) is 11.3 Å². The van der Waals surface area contributed by atoms with Crippen LogP contribution in [0.3, 0.4) is 0 Å². The molecule has 0 radical (unpaired) electrons. The lowest BCUT2D eigenvalue weighted by Gasteiger charge is -2.37. The maximum absolute atomic E-state index is 13.8. The zero-order chi connectivity index (χ0) is 26.4. The summed E-state index contributed by atoms with van der Waals surface area (Å²) in [5.74, 6) is 1.25. The number of para-hydroxylation sites is 2. The number of thiophene rings is 1. The molecule has 0 bridgehead atoms. The van der Waals surface area contributed by atoms with E-state index in [4.69, 9.17) is 21.1 Å². The lowest BCUT2D eigenvalue weighted by molar-refractivity contribution is -0.135. The molecular formula is C29H33ClN2O4S. The van der Waals surface area contributed by atoms with Crippen molar-refractivity contribution in [2.24, 2.45) is 5.92 Å². The van der Waals surface area contributed by atoms with Gasteiger partial charge >= 0.3 is 0 Å². The summed E-state index contributed by atoms with van der Waals surface area (Å²) in [6.45, 7) is 5.54. The molecule has 0 spiro atoms. The Morgan fingerprint density at radius 3 is 2.68 bits per heavy atom. The van der Waals surface area contributed by atoms with Gasteiger partial charge in [-0.2, -0.15) is 0 Å². The van der Waals surface area contributed by atoms with Crippen LogP contribution in [0.15, 0.2) is 60.0 Å². The summed E-state index contributed by atoms with van der Waals surface area (Å²) in [6, 6.07) is 16.2. The number of carbonyl (C=O) groups is 2. The van der Waals surface area contributed by atoms with Crippen molar-refractivity contribution in [1.29, 1.82) is 0 Å². The second-order valence-electron chi connectivity index (χ2n) is 9.32. The van der Waals surface area contributed by atoms with Crippen LogP contribution in [0.5, 0.6) is 11.5 Å². The summed E-state index contributed by atoms with van der Waals surface area (Å²) in [4.78, 5) is 32.0. The van der Waals surface area contributed by atoms with Crippen molar-refractivity contribution in [2.45, 2.75) is 32.7 Å². The van der Waals surface area contributed by atoms with Crippen LogP contribution in [-0.2, 0) is 11.2 Å². The molecule has 0 N–H and O–H groups in total. The Bertz CT molecular complexity index is 1230. The largest absolute Gasteiger partial charge is 0.493 e. The first kappa shape index (κ1) is 27.0. The molecule has 0 aliphatic carbocycles. The van der Waals surface area contributed by atoms with Gasteiger partial charge in [0.05, 0.1) is 13.2 Å². The third-order valence-electron chi connectivity index (χ3n) is 6.79. The fourth-order valence-corrected chi connectivity index (χ4v) is 5.68. The quantitative estimate of drug-likeness (QED) is 0.311. The predicted molar refractivity (Wildman–Crippen MR) is 148 cm³/mol. The number of hydrogen-bond donors (Lipinski definition) is 0. The fraction of sp³-hybridized carbons (Fsp3) is 0.379. The van der Waals surface area contributed by atoms with E-state index >= 15 is 0 Å². The average Bonchev–Trinajstić information content (AvgIpc) is 3.40. The van der Waals surface area contributed by atoms with Crippen molar-refractivity contribution in [3.63, 3.8) is 0 Å². The predicted octanol–water partition coefficient (Wildman–Crippen LogP) is 6.10. The molecule has 6 nitrogen and oxygen atoms in total. The molecule has 4 rings (SSSR count). The zero-order valence-electron chi connectivity index (χ0n) is 21.5. The average molecular weight is 541 g/mol. The van der Waals surface area contributed by atoms with Gasteiger partial charge in [-0.05, 0) is 59.7 Å². The SMILES string of the molecule is CCC(C)CN(CC(=O)N1CCc2sccc2C1COc1ccccc1OC)C(=O)c1cccc(Cl)c1. The highest BCUT2D eigenvalue weighted by Crippen LogP contribution is 2.35. The number of rotatable bonds is 10. The lowest BCUT2D eigenvalue weighted by Crippen LogP contribution is -2.48. The third kappa shape index (κ3) is 6.46. The van der Waals surface area contributed by atoms with Crippen LogP contribution in [-0.4, -0.2) is 55.0 Å². The molecule has 196 valence electrons. The molecule has 1 aromatic heterocycles. The molecule has 8 heteroatoms. The Labute approximate surface area is 227 Å². The Morgan fingerprint density at radius 2 is 1.95 bits per heavy atom. The third-order valence-corrected chi connectivity index (χ3v) is 8.03. The first-order valence-corrected chi connectivity index (χ1v) is 13.8. The van der Waals surface area contributed by atoms with Gasteiger partial charge < -0.3 is 19.3 Å². The number of amides is 2. The zero-order valence-corrected chi connectivity index (χ0v) is 23.1. The summed E-state index contributed by atoms with van der Waals surface area (Å²) in [5.41, 5.74) is 1.59. The number of carbonyl (C=O) groups excluding carboxylic acids is 2. The molecule has 1 aliphatic heterocycles. The van der Waals surface area contributed by atoms with Gasteiger partial charge in [0, 0.05) is 28.6 Å². The summed E-state index contributed by atoms with van der Waals surface area (Å²) in [6.07, 6.45) is 1.70. The van der Waals surface area contributed by atoms with E-state index in [9.17, 15) is 9.59 Å².